The zero-order valence-corrected chi connectivity index (χ0v) is 19.6. The van der Waals surface area contributed by atoms with E-state index in [1.54, 1.807) is 18.2 Å². The van der Waals surface area contributed by atoms with Crippen LogP contribution >= 0.6 is 0 Å². The van der Waals surface area contributed by atoms with Gasteiger partial charge in [0.2, 0.25) is 5.91 Å². The van der Waals surface area contributed by atoms with E-state index in [4.69, 9.17) is 14.6 Å². The second-order valence-electron chi connectivity index (χ2n) is 7.96. The molecule has 4 rings (SSSR count). The van der Waals surface area contributed by atoms with E-state index in [1.165, 1.54) is 11.3 Å². The number of benzene rings is 2. The van der Waals surface area contributed by atoms with Crippen molar-refractivity contribution in [3.05, 3.63) is 71.0 Å². The number of hydrogen-bond donors (Lipinski definition) is 2. The first-order valence-corrected chi connectivity index (χ1v) is 11.7. The van der Waals surface area contributed by atoms with Crippen molar-refractivity contribution in [1.29, 1.82) is 0 Å². The molecule has 0 fully saturated rings. The molecule has 3 aromatic rings. The first kappa shape index (κ1) is 23.4. The molecule has 0 unspecified atom stereocenters. The van der Waals surface area contributed by atoms with Crippen LogP contribution in [0.2, 0.25) is 0 Å². The zero-order chi connectivity index (χ0) is 23.9. The lowest BCUT2D eigenvalue weighted by Crippen LogP contribution is -2.36. The molecule has 0 radical (unpaired) electrons. The van der Waals surface area contributed by atoms with Gasteiger partial charge in [0.25, 0.3) is 5.91 Å². The normalized spacial score (nSPS) is 12.2. The molecule has 8 nitrogen and oxygen atoms in total. The summed E-state index contributed by atoms with van der Waals surface area (Å²) in [7, 11) is 0. The van der Waals surface area contributed by atoms with E-state index in [1.807, 2.05) is 48.9 Å². The minimum Gasteiger partial charge on any atom is -0.490 e. The maximum absolute atomic E-state index is 12.6. The van der Waals surface area contributed by atoms with Gasteiger partial charge in [-0.15, -0.1) is 0 Å². The third kappa shape index (κ3) is 5.22. The lowest BCUT2D eigenvalue weighted by atomic mass is 10.2. The van der Waals surface area contributed by atoms with Crippen molar-refractivity contribution in [2.24, 2.45) is 0 Å². The van der Waals surface area contributed by atoms with Gasteiger partial charge in [0.15, 0.2) is 11.5 Å². The molecule has 34 heavy (non-hydrogen) atoms. The number of nitrogens with zero attached hydrogens (tertiary/aromatic N) is 2. The summed E-state index contributed by atoms with van der Waals surface area (Å²) in [5.41, 5.74) is 4.73. The fourth-order valence-corrected chi connectivity index (χ4v) is 4.14. The number of amides is 2. The standard InChI is InChI=1S/C26H30N4O4/c1-3-33-23-14-13-18(15-24(23)34-4-2)26(32)28-17-25(31)27-16-21-20-11-8-12-22(20)30(29-21)19-9-6-5-7-10-19/h5-7,9-10,13-15H,3-4,8,11-12,16-17H2,1-2H3,(H,27,31)(H,28,32). The fraction of sp³-hybridized carbons (Fsp3) is 0.346. The summed E-state index contributed by atoms with van der Waals surface area (Å²) in [6.07, 6.45) is 3.03. The summed E-state index contributed by atoms with van der Waals surface area (Å²) in [5.74, 6) is 0.462. The van der Waals surface area contributed by atoms with Crippen LogP contribution in [0.15, 0.2) is 48.5 Å². The smallest absolute Gasteiger partial charge is 0.251 e. The summed E-state index contributed by atoms with van der Waals surface area (Å²) < 4.78 is 13.1. The maximum atomic E-state index is 12.6. The van der Waals surface area contributed by atoms with Crippen molar-refractivity contribution >= 4 is 11.8 Å². The first-order valence-electron chi connectivity index (χ1n) is 11.7. The van der Waals surface area contributed by atoms with Crippen molar-refractivity contribution in [3.8, 4) is 17.2 Å². The Kier molecular flexibility index (Phi) is 7.47. The van der Waals surface area contributed by atoms with Gasteiger partial charge in [-0.25, -0.2) is 4.68 Å². The van der Waals surface area contributed by atoms with Crippen LogP contribution in [0, 0.1) is 0 Å². The van der Waals surface area contributed by atoms with E-state index >= 15 is 0 Å². The van der Waals surface area contributed by atoms with Crippen LogP contribution in [-0.2, 0) is 24.2 Å². The molecular weight excluding hydrogens is 432 g/mol. The van der Waals surface area contributed by atoms with Gasteiger partial charge < -0.3 is 20.1 Å². The molecule has 2 aromatic carbocycles. The number of rotatable bonds is 10. The average Bonchev–Trinajstić information content (AvgIpc) is 3.46. The molecule has 8 heteroatoms. The molecule has 1 aliphatic rings. The number of carbonyl (C=O) groups excluding carboxylic acids is 2. The summed E-state index contributed by atoms with van der Waals surface area (Å²) in [5, 5.41) is 10.3. The van der Waals surface area contributed by atoms with Crippen molar-refractivity contribution in [2.75, 3.05) is 19.8 Å². The Bertz CT molecular complexity index is 1160. The largest absolute Gasteiger partial charge is 0.490 e. The van der Waals surface area contributed by atoms with Gasteiger partial charge in [-0.1, -0.05) is 18.2 Å². The van der Waals surface area contributed by atoms with Gasteiger partial charge >= 0.3 is 0 Å². The Hall–Kier alpha value is -3.81. The Labute approximate surface area is 199 Å². The number of para-hydroxylation sites is 1. The second kappa shape index (κ2) is 10.9. The fourth-order valence-electron chi connectivity index (χ4n) is 4.14. The highest BCUT2D eigenvalue weighted by molar-refractivity contribution is 5.97. The van der Waals surface area contributed by atoms with Crippen LogP contribution in [0.25, 0.3) is 5.69 Å². The number of carbonyl (C=O) groups is 2. The molecule has 1 aliphatic carbocycles. The monoisotopic (exact) mass is 462 g/mol. The molecule has 0 atom stereocenters. The highest BCUT2D eigenvalue weighted by Crippen LogP contribution is 2.29. The number of ether oxygens (including phenoxy) is 2. The molecule has 0 bridgehead atoms. The Morgan fingerprint density at radius 3 is 2.50 bits per heavy atom. The minimum atomic E-state index is -0.353. The van der Waals surface area contributed by atoms with E-state index in [0.717, 1.165) is 30.6 Å². The summed E-state index contributed by atoms with van der Waals surface area (Å²) >= 11 is 0. The van der Waals surface area contributed by atoms with Crippen LogP contribution in [0.3, 0.4) is 0 Å². The molecule has 1 heterocycles. The van der Waals surface area contributed by atoms with Gasteiger partial charge in [0, 0.05) is 11.3 Å². The van der Waals surface area contributed by atoms with Gasteiger partial charge in [-0.05, 0) is 69.0 Å². The summed E-state index contributed by atoms with van der Waals surface area (Å²) in [4.78, 5) is 25.0. The van der Waals surface area contributed by atoms with Crippen LogP contribution in [-0.4, -0.2) is 41.4 Å². The third-order valence-electron chi connectivity index (χ3n) is 5.68. The molecule has 0 aliphatic heterocycles. The van der Waals surface area contributed by atoms with Gasteiger partial charge in [0.05, 0.1) is 37.7 Å². The number of aromatic nitrogens is 2. The molecule has 0 saturated heterocycles. The molecule has 2 N–H and O–H groups in total. The van der Waals surface area contributed by atoms with Crippen LogP contribution in [0.5, 0.6) is 11.5 Å². The molecule has 178 valence electrons. The Morgan fingerprint density at radius 2 is 1.74 bits per heavy atom. The van der Waals surface area contributed by atoms with Gasteiger partial charge in [-0.2, -0.15) is 5.10 Å². The lowest BCUT2D eigenvalue weighted by molar-refractivity contribution is -0.120. The van der Waals surface area contributed by atoms with Gasteiger partial charge in [0.1, 0.15) is 0 Å². The molecular formula is C26H30N4O4. The summed E-state index contributed by atoms with van der Waals surface area (Å²) in [6.45, 7) is 4.91. The number of hydrogen-bond acceptors (Lipinski definition) is 5. The van der Waals surface area contributed by atoms with Crippen molar-refractivity contribution in [1.82, 2.24) is 20.4 Å². The van der Waals surface area contributed by atoms with Crippen LogP contribution < -0.4 is 20.1 Å². The quantitative estimate of drug-likeness (QED) is 0.483. The highest BCUT2D eigenvalue weighted by Gasteiger charge is 2.23. The van der Waals surface area contributed by atoms with Gasteiger partial charge in [-0.3, -0.25) is 9.59 Å². The van der Waals surface area contributed by atoms with E-state index in [-0.39, 0.29) is 18.4 Å². The van der Waals surface area contributed by atoms with Crippen molar-refractivity contribution < 1.29 is 19.1 Å². The van der Waals surface area contributed by atoms with Crippen LogP contribution in [0.4, 0.5) is 0 Å². The molecule has 2 amide bonds. The molecule has 0 saturated carbocycles. The second-order valence-corrected chi connectivity index (χ2v) is 7.96. The van der Waals surface area contributed by atoms with Crippen molar-refractivity contribution in [2.45, 2.75) is 39.7 Å². The summed E-state index contributed by atoms with van der Waals surface area (Å²) in [6, 6.07) is 15.0. The van der Waals surface area contributed by atoms with Crippen molar-refractivity contribution in [3.63, 3.8) is 0 Å². The SMILES string of the molecule is CCOc1ccc(C(=O)NCC(=O)NCc2nn(-c3ccccc3)c3c2CCC3)cc1OCC. The zero-order valence-electron chi connectivity index (χ0n) is 19.6. The topological polar surface area (TPSA) is 94.5 Å². The van der Waals surface area contributed by atoms with E-state index in [0.29, 0.717) is 36.8 Å². The molecule has 1 aromatic heterocycles. The van der Waals surface area contributed by atoms with Crippen LogP contribution in [0.1, 0.15) is 47.6 Å². The Balaban J connectivity index is 1.35. The maximum Gasteiger partial charge on any atom is 0.251 e. The molecule has 0 spiro atoms. The number of nitrogens with one attached hydrogen (secondary N) is 2. The predicted octanol–water partition coefficient (Wildman–Crippen LogP) is 3.20. The van der Waals surface area contributed by atoms with E-state index in [2.05, 4.69) is 10.6 Å². The van der Waals surface area contributed by atoms with E-state index in [9.17, 15) is 9.59 Å². The Morgan fingerprint density at radius 1 is 0.971 bits per heavy atom. The first-order chi connectivity index (χ1) is 16.6. The third-order valence-corrected chi connectivity index (χ3v) is 5.68. The number of fused-ring (bicyclic) bond motifs is 1. The van der Waals surface area contributed by atoms with E-state index < -0.39 is 0 Å². The minimum absolute atomic E-state index is 0.127. The predicted molar refractivity (Wildman–Crippen MR) is 129 cm³/mol. The average molecular weight is 463 g/mol. The lowest BCUT2D eigenvalue weighted by Gasteiger charge is -2.12. The highest BCUT2D eigenvalue weighted by atomic mass is 16.5.